The smallest absolute Gasteiger partial charge is 0.369 e. The van der Waals surface area contributed by atoms with Crippen molar-refractivity contribution in [3.63, 3.8) is 0 Å². The second-order valence-electron chi connectivity index (χ2n) is 9.72. The largest absolute Gasteiger partial charge is 0.473 e. The van der Waals surface area contributed by atoms with Crippen molar-refractivity contribution in [2.24, 2.45) is 5.41 Å². The number of aromatic amines is 1. The molecule has 4 N–H and O–H groups in total. The fraction of sp³-hybridized carbons (Fsp3) is 0.722. The van der Waals surface area contributed by atoms with Crippen LogP contribution in [0.2, 0.25) is 0 Å². The number of imidazole rings is 1. The molecule has 1 fully saturated rings. The first-order chi connectivity index (χ1) is 13.6. The summed E-state index contributed by atoms with van der Waals surface area (Å²) in [6.07, 6.45) is 0.485. The number of hydrogen-bond donors (Lipinski definition) is 3. The van der Waals surface area contributed by atoms with Crippen molar-refractivity contribution in [3.8, 4) is 0 Å². The summed E-state index contributed by atoms with van der Waals surface area (Å²) in [5.74, 6) is -0.0373. The summed E-state index contributed by atoms with van der Waals surface area (Å²) in [6, 6.07) is 0. The van der Waals surface area contributed by atoms with Gasteiger partial charge in [0.1, 0.15) is 6.23 Å². The van der Waals surface area contributed by atoms with Gasteiger partial charge < -0.3 is 15.4 Å². The topological polar surface area (TPSA) is 155 Å². The molecule has 30 heavy (non-hydrogen) atoms. The monoisotopic (exact) mass is 443 g/mol. The molecule has 1 aliphatic heterocycles. The highest BCUT2D eigenvalue weighted by Crippen LogP contribution is 2.52. The average molecular weight is 443 g/mol. The summed E-state index contributed by atoms with van der Waals surface area (Å²) >= 11 is 0. The fourth-order valence-corrected chi connectivity index (χ4v) is 4.76. The minimum atomic E-state index is -4.33. The summed E-state index contributed by atoms with van der Waals surface area (Å²) in [5.41, 5.74) is 4.65. The Bertz CT molecular complexity index is 1020. The molecule has 168 valence electrons. The first kappa shape index (κ1) is 22.9. The van der Waals surface area contributed by atoms with Crippen LogP contribution in [0.3, 0.4) is 0 Å². The zero-order valence-electron chi connectivity index (χ0n) is 18.1. The Balaban J connectivity index is 1.90. The lowest BCUT2D eigenvalue weighted by Gasteiger charge is -2.29. The van der Waals surface area contributed by atoms with Crippen LogP contribution in [0.25, 0.3) is 11.2 Å². The van der Waals surface area contributed by atoms with Crippen LogP contribution in [0.1, 0.15) is 60.6 Å². The van der Waals surface area contributed by atoms with Gasteiger partial charge in [-0.15, -0.1) is 0 Å². The number of hydrogen-bond acceptors (Lipinski definition) is 8. The molecule has 0 saturated carbocycles. The number of phosphoric ester groups is 1. The number of nitrogens with zero attached hydrogens (tertiary/aromatic N) is 3. The quantitative estimate of drug-likeness (QED) is 0.592. The molecule has 0 radical (unpaired) electrons. The molecule has 3 heterocycles. The number of aromatic nitrogens is 4. The standard InChI is InChI=1S/C18H30N5O6P/c1-17(2,3)8-11-10(28-30(25,26)29-18(4,5)6)7-12(27-11)23-9-20-13-14(23)21-16(19)22-15(13)24/h9-12H,7-8H2,1-6H3,(H,25,26)(H3,19,21,22,24)/t10?,11-,12-/m1/s1. The predicted octanol–water partition coefficient (Wildman–Crippen LogP) is 2.73. The van der Waals surface area contributed by atoms with Crippen LogP contribution in [-0.2, 0) is 18.3 Å². The molecule has 3 rings (SSSR count). The highest BCUT2D eigenvalue weighted by molar-refractivity contribution is 7.47. The van der Waals surface area contributed by atoms with E-state index in [1.54, 1.807) is 25.3 Å². The van der Waals surface area contributed by atoms with Crippen molar-refractivity contribution < 1.29 is 23.2 Å². The molecule has 4 atom stereocenters. The maximum Gasteiger partial charge on any atom is 0.473 e. The molecule has 11 nitrogen and oxygen atoms in total. The number of nitrogens with one attached hydrogen (secondary N) is 1. The Morgan fingerprint density at radius 2 is 2.03 bits per heavy atom. The Labute approximate surface area is 174 Å². The fourth-order valence-electron chi connectivity index (χ4n) is 3.46. The first-order valence-corrected chi connectivity index (χ1v) is 11.2. The summed E-state index contributed by atoms with van der Waals surface area (Å²) < 4.78 is 31.1. The molecule has 0 aliphatic carbocycles. The Morgan fingerprint density at radius 3 is 2.63 bits per heavy atom. The third kappa shape index (κ3) is 5.47. The van der Waals surface area contributed by atoms with Crippen molar-refractivity contribution in [2.45, 2.75) is 78.4 Å². The van der Waals surface area contributed by atoms with Crippen molar-refractivity contribution in [1.82, 2.24) is 19.5 Å². The normalized spacial score (nSPS) is 25.0. The molecule has 2 aromatic heterocycles. The number of nitrogen functional groups attached to an aromatic ring is 1. The SMILES string of the molecule is CC(C)(C)C[C@H]1O[C@@H](n2cnc3c(=O)[nH]c(N)nc32)CC1OP(=O)(O)OC(C)(C)C. The van der Waals surface area contributed by atoms with Crippen LogP contribution in [-0.4, -0.2) is 42.2 Å². The predicted molar refractivity (Wildman–Crippen MR) is 111 cm³/mol. The van der Waals surface area contributed by atoms with Crippen LogP contribution in [0, 0.1) is 5.41 Å². The minimum Gasteiger partial charge on any atom is -0.369 e. The van der Waals surface area contributed by atoms with E-state index >= 15 is 0 Å². The first-order valence-electron chi connectivity index (χ1n) is 9.73. The molecule has 2 unspecified atom stereocenters. The number of ether oxygens (including phenoxy) is 1. The van der Waals surface area contributed by atoms with E-state index in [4.69, 9.17) is 19.5 Å². The second-order valence-corrected chi connectivity index (χ2v) is 11.1. The maximum atomic E-state index is 12.6. The highest BCUT2D eigenvalue weighted by atomic mass is 31.2. The molecule has 1 saturated heterocycles. The lowest BCUT2D eigenvalue weighted by Crippen LogP contribution is -2.29. The molecule has 0 bridgehead atoms. The highest BCUT2D eigenvalue weighted by Gasteiger charge is 2.44. The van der Waals surface area contributed by atoms with E-state index in [-0.39, 0.29) is 28.9 Å². The maximum absolute atomic E-state index is 12.6. The molecule has 1 aliphatic rings. The Hall–Kier alpha value is -1.78. The van der Waals surface area contributed by atoms with Gasteiger partial charge >= 0.3 is 7.82 Å². The number of H-pyrrole nitrogens is 1. The lowest BCUT2D eigenvalue weighted by molar-refractivity contribution is -0.0402. The van der Waals surface area contributed by atoms with Crippen LogP contribution in [0.4, 0.5) is 5.95 Å². The van der Waals surface area contributed by atoms with E-state index < -0.39 is 37.4 Å². The van der Waals surface area contributed by atoms with Gasteiger partial charge in [-0.1, -0.05) is 20.8 Å². The van der Waals surface area contributed by atoms with Crippen LogP contribution in [0.15, 0.2) is 11.1 Å². The molecule has 0 spiro atoms. The van der Waals surface area contributed by atoms with Crippen molar-refractivity contribution in [1.29, 1.82) is 0 Å². The molecule has 0 aromatic carbocycles. The van der Waals surface area contributed by atoms with Crippen molar-refractivity contribution in [2.75, 3.05) is 5.73 Å². The van der Waals surface area contributed by atoms with Gasteiger partial charge in [0.05, 0.1) is 24.1 Å². The number of phosphoric acid groups is 1. The van der Waals surface area contributed by atoms with Crippen LogP contribution < -0.4 is 11.3 Å². The van der Waals surface area contributed by atoms with E-state index in [0.717, 1.165) is 0 Å². The summed E-state index contributed by atoms with van der Waals surface area (Å²) in [5, 5.41) is 0. The van der Waals surface area contributed by atoms with E-state index in [0.29, 0.717) is 6.42 Å². The van der Waals surface area contributed by atoms with Crippen molar-refractivity contribution in [3.05, 3.63) is 16.7 Å². The zero-order chi connectivity index (χ0) is 22.5. The molecular weight excluding hydrogens is 413 g/mol. The Morgan fingerprint density at radius 1 is 1.37 bits per heavy atom. The summed E-state index contributed by atoms with van der Waals surface area (Å²) in [6.45, 7) is 11.1. The lowest BCUT2D eigenvalue weighted by atomic mass is 9.87. The van der Waals surface area contributed by atoms with Gasteiger partial charge in [0, 0.05) is 6.42 Å². The number of nitrogens with two attached hydrogens (primary N) is 1. The molecular formula is C18H30N5O6P. The van der Waals surface area contributed by atoms with Gasteiger partial charge in [-0.25, -0.2) is 9.55 Å². The number of anilines is 1. The van der Waals surface area contributed by atoms with Crippen LogP contribution >= 0.6 is 7.82 Å². The van der Waals surface area contributed by atoms with E-state index in [9.17, 15) is 14.3 Å². The third-order valence-corrected chi connectivity index (χ3v) is 5.73. The number of rotatable bonds is 5. The molecule has 12 heteroatoms. The zero-order valence-corrected chi connectivity index (χ0v) is 19.0. The van der Waals surface area contributed by atoms with Gasteiger partial charge in [0.25, 0.3) is 5.56 Å². The van der Waals surface area contributed by atoms with E-state index in [1.165, 1.54) is 6.33 Å². The third-order valence-electron chi connectivity index (χ3n) is 4.41. The second kappa shape index (κ2) is 7.72. The number of fused-ring (bicyclic) bond motifs is 1. The Kier molecular flexibility index (Phi) is 5.90. The van der Waals surface area contributed by atoms with Crippen molar-refractivity contribution >= 4 is 24.9 Å². The van der Waals surface area contributed by atoms with Gasteiger partial charge in [-0.05, 0) is 32.6 Å². The van der Waals surface area contributed by atoms with Gasteiger partial charge in [0.15, 0.2) is 11.2 Å². The van der Waals surface area contributed by atoms with Gasteiger partial charge in [-0.2, -0.15) is 4.98 Å². The molecule has 0 amide bonds. The van der Waals surface area contributed by atoms with Gasteiger partial charge in [-0.3, -0.25) is 23.4 Å². The average Bonchev–Trinajstić information content (AvgIpc) is 3.07. The van der Waals surface area contributed by atoms with E-state index in [2.05, 4.69) is 15.0 Å². The molecule has 2 aromatic rings. The minimum absolute atomic E-state index is 0.0373. The summed E-state index contributed by atoms with van der Waals surface area (Å²) in [4.78, 5) is 33.0. The van der Waals surface area contributed by atoms with E-state index in [1.807, 2.05) is 20.8 Å². The summed E-state index contributed by atoms with van der Waals surface area (Å²) in [7, 11) is -4.33. The van der Waals surface area contributed by atoms with Gasteiger partial charge in [0.2, 0.25) is 5.95 Å². The van der Waals surface area contributed by atoms with Crippen LogP contribution in [0.5, 0.6) is 0 Å².